The van der Waals surface area contributed by atoms with Crippen LogP contribution in [0.3, 0.4) is 0 Å². The van der Waals surface area contributed by atoms with E-state index < -0.39 is 56.9 Å². The molecule has 2 rings (SSSR count). The number of aliphatic carboxylic acids is 4. The first kappa shape index (κ1) is 48.1. The fraction of sp³-hybridized carbons (Fsp3) is 0.619. The molecule has 0 fully saturated rings. The molecule has 284 valence electrons. The summed E-state index contributed by atoms with van der Waals surface area (Å²) in [5.74, 6) is -4.59. The summed E-state index contributed by atoms with van der Waals surface area (Å²) in [6.45, 7) is 8.35. The van der Waals surface area contributed by atoms with Gasteiger partial charge in [0.15, 0.2) is 0 Å². The van der Waals surface area contributed by atoms with Gasteiger partial charge in [-0.1, -0.05) is 79.1 Å². The van der Waals surface area contributed by atoms with E-state index in [-0.39, 0.29) is 12.8 Å². The third-order valence-corrected chi connectivity index (χ3v) is 14.8. The van der Waals surface area contributed by atoms with Crippen LogP contribution in [-0.4, -0.2) is 45.0 Å². The second-order valence-electron chi connectivity index (χ2n) is 13.7. The minimum absolute atomic E-state index is 0.0739. The topological polar surface area (TPSA) is 161 Å². The third-order valence-electron chi connectivity index (χ3n) is 9.47. The van der Waals surface area contributed by atoms with Gasteiger partial charge in [-0.2, -0.15) is 0 Å². The number of benzene rings is 2. The molecule has 2 aromatic rings. The van der Waals surface area contributed by atoms with Gasteiger partial charge in [-0.15, -0.1) is 0 Å². The molecule has 0 aromatic heterocycles. The van der Waals surface area contributed by atoms with Crippen molar-refractivity contribution < 1.29 is 39.6 Å². The molecule has 9 heteroatoms. The molecule has 0 amide bonds. The van der Waals surface area contributed by atoms with Gasteiger partial charge in [-0.05, 0) is 75.0 Å². The monoisotopic (exact) mass is 816 g/mol. The standard InChI is InChI=1S/2C14H26O4.2C7H7.Sn.2H/c2*1-3-5-7-11(4-2)10-12(14(17)18)8-6-9-13(15)16;2*1-7-5-3-2-4-6-7;;;/h2*11-12H,3-10H2,1-2H3,(H,15,16)(H,17,18);2*2-6H,1H2;;;/q;;;;+4;;/p-4. The molecule has 51 heavy (non-hydrogen) atoms. The molecule has 0 aliphatic heterocycles. The summed E-state index contributed by atoms with van der Waals surface area (Å²) < 4.78 is 2.77. The Morgan fingerprint density at radius 1 is 0.529 bits per heavy atom. The molecule has 4 atom stereocenters. The Kier molecular flexibility index (Phi) is 30.0. The zero-order valence-electron chi connectivity index (χ0n) is 31.8. The van der Waals surface area contributed by atoms with E-state index in [1.54, 1.807) is 0 Å². The third kappa shape index (κ3) is 27.4. The van der Waals surface area contributed by atoms with E-state index in [4.69, 9.17) is 0 Å². The van der Waals surface area contributed by atoms with E-state index in [1.807, 2.05) is 0 Å². The van der Waals surface area contributed by atoms with E-state index >= 15 is 0 Å². The number of carboxylic acid groups (broad SMARTS) is 4. The Balaban J connectivity index is 0.000000737. The molecule has 0 N–H and O–H groups in total. The Hall–Kier alpha value is -2.88. The molecule has 0 aliphatic carbocycles. The summed E-state index contributed by atoms with van der Waals surface area (Å²) in [4.78, 5) is 42.6. The Labute approximate surface area is 318 Å². The summed E-state index contributed by atoms with van der Waals surface area (Å²) in [5.41, 5.74) is 3.06. The zero-order chi connectivity index (χ0) is 38.3. The van der Waals surface area contributed by atoms with Gasteiger partial charge in [0.25, 0.3) is 0 Å². The number of unbranched alkanes of at least 4 members (excludes halogenated alkanes) is 2. The first-order chi connectivity index (χ1) is 24.5. The molecule has 0 aliphatic rings. The molecule has 8 nitrogen and oxygen atoms in total. The van der Waals surface area contributed by atoms with Crippen LogP contribution in [0, 0.1) is 23.7 Å². The fourth-order valence-electron chi connectivity index (χ4n) is 6.20. The second kappa shape index (κ2) is 31.8. The number of hydrogen-bond donors (Lipinski definition) is 0. The van der Waals surface area contributed by atoms with Gasteiger partial charge in [-0.25, -0.2) is 0 Å². The van der Waals surface area contributed by atoms with Crippen molar-refractivity contribution in [2.75, 3.05) is 0 Å². The van der Waals surface area contributed by atoms with Crippen molar-refractivity contribution in [3.8, 4) is 0 Å². The summed E-state index contributed by atoms with van der Waals surface area (Å²) in [6, 6.07) is 21.8. The number of carbonyl (C=O) groups excluding carboxylic acids is 4. The number of carbonyl (C=O) groups is 4. The van der Waals surface area contributed by atoms with E-state index in [1.165, 1.54) is 20.0 Å². The Morgan fingerprint density at radius 3 is 1.16 bits per heavy atom. The van der Waals surface area contributed by atoms with Gasteiger partial charge >= 0.3 is 102 Å². The van der Waals surface area contributed by atoms with Gasteiger partial charge in [0.05, 0.1) is 0 Å². The number of carboxylic acids is 4. The molecular formula is C42H64O8Sn. The second-order valence-corrected chi connectivity index (χ2v) is 18.6. The summed E-state index contributed by atoms with van der Waals surface area (Å²) in [6.07, 6.45) is 10.9. The van der Waals surface area contributed by atoms with Gasteiger partial charge in [0.2, 0.25) is 0 Å². The van der Waals surface area contributed by atoms with Crippen LogP contribution in [0.5, 0.6) is 0 Å². The molecule has 2 aromatic carbocycles. The molecule has 0 saturated heterocycles. The molecule has 0 bridgehead atoms. The quantitative estimate of drug-likeness (QED) is 0.127. The summed E-state index contributed by atoms with van der Waals surface area (Å²) in [5, 5.41) is 42.6. The molecule has 0 heterocycles. The van der Waals surface area contributed by atoms with Crippen molar-refractivity contribution in [2.24, 2.45) is 23.7 Å². The first-order valence-electron chi connectivity index (χ1n) is 19.4. The predicted molar refractivity (Wildman–Crippen MR) is 199 cm³/mol. The maximum absolute atomic E-state index is 11.0. The normalized spacial score (nSPS) is 12.9. The van der Waals surface area contributed by atoms with Crippen molar-refractivity contribution in [1.29, 1.82) is 0 Å². The zero-order valence-corrected chi connectivity index (χ0v) is 35.8. The van der Waals surface area contributed by atoms with Gasteiger partial charge in [-0.3, -0.25) is 0 Å². The summed E-state index contributed by atoms with van der Waals surface area (Å²) >= 11 is -0.608. The Morgan fingerprint density at radius 2 is 0.882 bits per heavy atom. The van der Waals surface area contributed by atoms with Crippen molar-refractivity contribution in [2.45, 2.75) is 139 Å². The van der Waals surface area contributed by atoms with Gasteiger partial charge in [0, 0.05) is 23.9 Å². The number of hydrogen-bond acceptors (Lipinski definition) is 8. The molecule has 0 saturated carbocycles. The maximum atomic E-state index is 11.0. The average molecular weight is 816 g/mol. The number of rotatable bonds is 26. The molecule has 4 radical (unpaired) electrons. The van der Waals surface area contributed by atoms with Gasteiger partial charge < -0.3 is 39.6 Å². The molecule has 4 unspecified atom stereocenters. The van der Waals surface area contributed by atoms with Crippen molar-refractivity contribution in [3.63, 3.8) is 0 Å². The van der Waals surface area contributed by atoms with E-state index in [2.05, 4.69) is 88.4 Å². The van der Waals surface area contributed by atoms with Crippen molar-refractivity contribution in [1.82, 2.24) is 0 Å². The van der Waals surface area contributed by atoms with Crippen LogP contribution in [0.25, 0.3) is 0 Å². The van der Waals surface area contributed by atoms with Crippen LogP contribution >= 0.6 is 0 Å². The molecule has 0 spiro atoms. The van der Waals surface area contributed by atoms with Crippen molar-refractivity contribution >= 4 is 45.0 Å². The average Bonchev–Trinajstić information content (AvgIpc) is 3.11. The van der Waals surface area contributed by atoms with Crippen LogP contribution < -0.4 is 20.4 Å². The summed E-state index contributed by atoms with van der Waals surface area (Å²) in [7, 11) is 0. The van der Waals surface area contributed by atoms with Crippen molar-refractivity contribution in [3.05, 3.63) is 71.8 Å². The minimum atomic E-state index is -1.12. The van der Waals surface area contributed by atoms with Crippen LogP contribution in [0.1, 0.15) is 142 Å². The first-order valence-corrected chi connectivity index (χ1v) is 25.1. The van der Waals surface area contributed by atoms with E-state index in [0.717, 1.165) is 51.4 Å². The van der Waals surface area contributed by atoms with Crippen LogP contribution in [-0.2, 0) is 28.1 Å². The van der Waals surface area contributed by atoms with E-state index in [9.17, 15) is 39.6 Å². The Bertz CT molecular complexity index is 1080. The SMILES string of the molecule is CCCCC(CC)CC(CCCC(=O)[O-])C(=O)[O-].CCCCC(CC)CC(CCCC(=O)[O-])C(=O)[O-].c1ccc([CH2][SnH2+4][CH2]c2ccccc2)cc1. The fourth-order valence-corrected chi connectivity index (χ4v) is 10.9. The van der Waals surface area contributed by atoms with Crippen LogP contribution in [0.4, 0.5) is 0 Å². The van der Waals surface area contributed by atoms with Crippen LogP contribution in [0.15, 0.2) is 60.7 Å². The van der Waals surface area contributed by atoms with Gasteiger partial charge in [0.1, 0.15) is 0 Å². The predicted octanol–water partition coefficient (Wildman–Crippen LogP) is 4.31. The van der Waals surface area contributed by atoms with Crippen LogP contribution in [0.2, 0.25) is 0 Å². The molecular weight excluding hydrogens is 751 g/mol. The van der Waals surface area contributed by atoms with E-state index in [0.29, 0.717) is 50.4 Å².